The Bertz CT molecular complexity index is 167. The van der Waals surface area contributed by atoms with Crippen molar-refractivity contribution in [3.8, 4) is 0 Å². The van der Waals surface area contributed by atoms with Crippen molar-refractivity contribution in [2.45, 2.75) is 43.1 Å². The molecule has 0 aliphatic rings. The van der Waals surface area contributed by atoms with Gasteiger partial charge in [0.1, 0.15) is 0 Å². The van der Waals surface area contributed by atoms with E-state index in [0.29, 0.717) is 19.6 Å². The Balaban J connectivity index is 3.95. The molecular formula is C9H19Cl3O2Si. The van der Waals surface area contributed by atoms with Gasteiger partial charge in [0.05, 0.1) is 0 Å². The molecule has 0 atom stereocenters. The molecule has 0 heterocycles. The van der Waals surface area contributed by atoms with Crippen molar-refractivity contribution in [3.63, 3.8) is 0 Å². The zero-order valence-corrected chi connectivity index (χ0v) is 12.8. The summed E-state index contributed by atoms with van der Waals surface area (Å²) in [6.45, 7) is 7.35. The lowest BCUT2D eigenvalue weighted by atomic mass is 10.4. The van der Waals surface area contributed by atoms with Gasteiger partial charge in [-0.05, 0) is 39.3 Å². The summed E-state index contributed by atoms with van der Waals surface area (Å²) in [5, 5.41) is 0. The predicted octanol–water partition coefficient (Wildman–Crippen LogP) is 4.28. The summed E-state index contributed by atoms with van der Waals surface area (Å²) in [7, 11) is -2.03. The van der Waals surface area contributed by atoms with E-state index in [1.54, 1.807) is 0 Å². The molecule has 0 rings (SSSR count). The van der Waals surface area contributed by atoms with Crippen LogP contribution >= 0.6 is 34.8 Å². The third kappa shape index (κ3) is 8.78. The van der Waals surface area contributed by atoms with Crippen LogP contribution in [0.1, 0.15) is 26.7 Å². The molecule has 2 nitrogen and oxygen atoms in total. The van der Waals surface area contributed by atoms with E-state index in [0.717, 1.165) is 12.5 Å². The monoisotopic (exact) mass is 292 g/mol. The second kappa shape index (κ2) is 7.36. The van der Waals surface area contributed by atoms with E-state index in [4.69, 9.17) is 43.7 Å². The quantitative estimate of drug-likeness (QED) is 0.515. The smallest absolute Gasteiger partial charge is 0.334 e. The summed E-state index contributed by atoms with van der Waals surface area (Å²) in [5.74, 6) is 0. The summed E-state index contributed by atoms with van der Waals surface area (Å²) in [6, 6.07) is 0.864. The average molecular weight is 294 g/mol. The molecule has 0 aromatic rings. The van der Waals surface area contributed by atoms with E-state index in [2.05, 4.69) is 6.55 Å². The molecule has 6 heteroatoms. The van der Waals surface area contributed by atoms with E-state index >= 15 is 0 Å². The molecule has 0 spiro atoms. The van der Waals surface area contributed by atoms with Crippen LogP contribution in [0.15, 0.2) is 0 Å². The first-order valence-corrected chi connectivity index (χ1v) is 8.83. The van der Waals surface area contributed by atoms with Gasteiger partial charge in [-0.3, -0.25) is 0 Å². The minimum Gasteiger partial charge on any atom is -0.395 e. The Hall–Kier alpha value is 1.01. The van der Waals surface area contributed by atoms with Crippen molar-refractivity contribution >= 4 is 43.4 Å². The largest absolute Gasteiger partial charge is 0.395 e. The third-order valence-corrected chi connectivity index (χ3v) is 5.62. The van der Waals surface area contributed by atoms with E-state index < -0.39 is 12.4 Å². The van der Waals surface area contributed by atoms with Gasteiger partial charge in [-0.2, -0.15) is 0 Å². The van der Waals surface area contributed by atoms with Crippen molar-refractivity contribution in [1.82, 2.24) is 0 Å². The fourth-order valence-corrected chi connectivity index (χ4v) is 4.22. The van der Waals surface area contributed by atoms with E-state index in [-0.39, 0.29) is 0 Å². The zero-order chi connectivity index (χ0) is 11.9. The van der Waals surface area contributed by atoms with E-state index in [9.17, 15) is 0 Å². The molecule has 0 unspecified atom stereocenters. The van der Waals surface area contributed by atoms with Crippen LogP contribution in [0.3, 0.4) is 0 Å². The maximum absolute atomic E-state index is 5.68. The lowest BCUT2D eigenvalue weighted by Crippen LogP contribution is -2.38. The molecule has 0 N–H and O–H groups in total. The standard InChI is InChI=1S/C9H19Cl3O2Si/c1-4-13-15(3,14-5-2)8-6-7-9(10,11)12/h4-8H2,1-3H3. The topological polar surface area (TPSA) is 18.5 Å². The molecule has 0 aromatic carbocycles. The molecule has 0 saturated carbocycles. The Kier molecular flexibility index (Phi) is 7.85. The van der Waals surface area contributed by atoms with Crippen LogP contribution in [0.2, 0.25) is 12.6 Å². The normalized spacial score (nSPS) is 13.2. The van der Waals surface area contributed by atoms with Gasteiger partial charge in [0.2, 0.25) is 0 Å². The van der Waals surface area contributed by atoms with E-state index in [1.807, 2.05) is 13.8 Å². The van der Waals surface area contributed by atoms with Crippen LogP contribution in [0, 0.1) is 0 Å². The molecule has 0 saturated heterocycles. The van der Waals surface area contributed by atoms with Crippen LogP contribution in [0.25, 0.3) is 0 Å². The Morgan fingerprint density at radius 2 is 1.53 bits per heavy atom. The van der Waals surface area contributed by atoms with Crippen molar-refractivity contribution in [2.75, 3.05) is 13.2 Å². The van der Waals surface area contributed by atoms with Crippen LogP contribution in [-0.2, 0) is 8.85 Å². The highest BCUT2D eigenvalue weighted by Gasteiger charge is 2.31. The van der Waals surface area contributed by atoms with Gasteiger partial charge in [-0.25, -0.2) is 0 Å². The lowest BCUT2D eigenvalue weighted by molar-refractivity contribution is 0.188. The van der Waals surface area contributed by atoms with Crippen LogP contribution in [0.4, 0.5) is 0 Å². The summed E-state index contributed by atoms with van der Waals surface area (Å²) in [5.41, 5.74) is 0. The van der Waals surface area contributed by atoms with Gasteiger partial charge in [0, 0.05) is 13.2 Å². The maximum atomic E-state index is 5.68. The first-order valence-electron chi connectivity index (χ1n) is 5.17. The molecular weight excluding hydrogens is 275 g/mol. The summed E-state index contributed by atoms with van der Waals surface area (Å²) < 4.78 is 10.2. The fourth-order valence-electron chi connectivity index (χ4n) is 1.41. The highest BCUT2D eigenvalue weighted by molar-refractivity contribution is 6.68. The number of halogens is 3. The van der Waals surface area contributed by atoms with Crippen molar-refractivity contribution in [1.29, 1.82) is 0 Å². The van der Waals surface area contributed by atoms with Crippen molar-refractivity contribution in [2.24, 2.45) is 0 Å². The molecule has 0 aromatic heterocycles. The number of hydrogen-bond acceptors (Lipinski definition) is 2. The van der Waals surface area contributed by atoms with Gasteiger partial charge < -0.3 is 8.85 Å². The first kappa shape index (κ1) is 16.0. The summed E-state index contributed by atoms with van der Waals surface area (Å²) in [4.78, 5) is 0. The Morgan fingerprint density at radius 1 is 1.07 bits per heavy atom. The van der Waals surface area contributed by atoms with Gasteiger partial charge in [0.25, 0.3) is 0 Å². The molecule has 15 heavy (non-hydrogen) atoms. The minimum absolute atomic E-state index is 0.542. The Labute approximate surface area is 108 Å². The fraction of sp³-hybridized carbons (Fsp3) is 1.00. The van der Waals surface area contributed by atoms with Crippen LogP contribution in [0.5, 0.6) is 0 Å². The van der Waals surface area contributed by atoms with Gasteiger partial charge in [-0.1, -0.05) is 34.8 Å². The highest BCUT2D eigenvalue weighted by Crippen LogP contribution is 2.33. The van der Waals surface area contributed by atoms with Gasteiger partial charge in [0.15, 0.2) is 3.79 Å². The number of hydrogen-bond donors (Lipinski definition) is 0. The summed E-state index contributed by atoms with van der Waals surface area (Å²) in [6.07, 6.45) is 1.36. The highest BCUT2D eigenvalue weighted by atomic mass is 35.6. The van der Waals surface area contributed by atoms with Crippen molar-refractivity contribution in [3.05, 3.63) is 0 Å². The number of rotatable bonds is 7. The van der Waals surface area contributed by atoms with Crippen LogP contribution in [-0.4, -0.2) is 25.6 Å². The van der Waals surface area contributed by atoms with Gasteiger partial charge in [-0.15, -0.1) is 0 Å². The second-order valence-corrected chi connectivity index (χ2v) is 9.33. The molecule has 0 bridgehead atoms. The zero-order valence-electron chi connectivity index (χ0n) is 9.49. The summed E-state index contributed by atoms with van der Waals surface area (Å²) >= 11 is 17.0. The number of alkyl halides is 3. The molecule has 0 aliphatic heterocycles. The maximum Gasteiger partial charge on any atom is 0.334 e. The van der Waals surface area contributed by atoms with Crippen molar-refractivity contribution < 1.29 is 8.85 Å². The lowest BCUT2D eigenvalue weighted by Gasteiger charge is -2.26. The minimum atomic E-state index is -2.03. The predicted molar refractivity (Wildman–Crippen MR) is 69.2 cm³/mol. The molecule has 0 radical (unpaired) electrons. The second-order valence-electron chi connectivity index (χ2n) is 3.47. The third-order valence-electron chi connectivity index (χ3n) is 1.99. The molecule has 92 valence electrons. The van der Waals surface area contributed by atoms with E-state index in [1.165, 1.54) is 0 Å². The molecule has 0 fully saturated rings. The SMILES string of the molecule is CCO[Si](C)(CCCC(Cl)(Cl)Cl)OCC. The van der Waals surface area contributed by atoms with Crippen LogP contribution < -0.4 is 0 Å². The Morgan fingerprint density at radius 3 is 1.87 bits per heavy atom. The van der Waals surface area contributed by atoms with Gasteiger partial charge >= 0.3 is 8.56 Å². The average Bonchev–Trinajstić information content (AvgIpc) is 2.01. The molecule has 0 aliphatic carbocycles. The first-order chi connectivity index (χ1) is 6.83. The molecule has 0 amide bonds.